The second-order valence-corrected chi connectivity index (χ2v) is 14.2. The summed E-state index contributed by atoms with van der Waals surface area (Å²) in [6.07, 6.45) is -0.0130. The maximum atomic E-state index is 8.90. The van der Waals surface area contributed by atoms with Gasteiger partial charge in [-0.05, 0) is 96.3 Å². The maximum absolute atomic E-state index is 8.90. The first-order valence-corrected chi connectivity index (χ1v) is 17.6. The third-order valence-electron chi connectivity index (χ3n) is 8.90. The molecule has 1 radical (unpaired) electrons. The summed E-state index contributed by atoms with van der Waals surface area (Å²) in [4.78, 5) is 13.2. The summed E-state index contributed by atoms with van der Waals surface area (Å²) in [5, 5.41) is 1.39. The molecule has 0 aliphatic heterocycles. The molecule has 0 atom stereocenters. The molecule has 0 saturated carbocycles. The number of aryl methyl sites for hydroxylation is 4. The molecule has 54 heavy (non-hydrogen) atoms. The molecule has 5 heteroatoms. The minimum absolute atomic E-state index is 0. The van der Waals surface area contributed by atoms with Crippen molar-refractivity contribution in [2.75, 3.05) is 0 Å². The predicted octanol–water partition coefficient (Wildman–Crippen LogP) is 12.5. The number of fused-ring (bicyclic) bond motifs is 3. The molecule has 0 spiro atoms. The molecular weight excluding hydrogens is 839 g/mol. The number of nitrogens with zero attached hydrogens (tertiary/aromatic N) is 3. The smallest absolute Gasteiger partial charge is 0.216 e. The largest absolute Gasteiger partial charge is 0.486 e. The van der Waals surface area contributed by atoms with Crippen molar-refractivity contribution in [3.8, 4) is 33.6 Å². The first-order chi connectivity index (χ1) is 28.3. The first kappa shape index (κ1) is 30.1. The third-order valence-corrected chi connectivity index (χ3v) is 8.90. The standard InChI is InChI=1S/C29H27N2O.C20H18N.Ir/c1-19-8-13-24-23-6-5-7-25(27(23)32-28(24)31-19)26-17-22(14-15-30-26)16-20-9-11-21(12-10-20)18-29(2,3)4;1-14-9-10-18(20-11-15(2)16(3)13-21-20)12-19(14)17-7-5-4-6-8-17;/h5-6,8-15,17H,16,18H2,1-4H3;4-9,11-13H,1-3H3;/q2*-1;/i1D3,16D2,18D2;;. The number of benzene rings is 4. The summed E-state index contributed by atoms with van der Waals surface area (Å²) < 4.78 is 63.7. The number of hydrogen-bond acceptors (Lipinski definition) is 4. The minimum Gasteiger partial charge on any atom is -0.486 e. The Morgan fingerprint density at radius 3 is 2.26 bits per heavy atom. The topological polar surface area (TPSA) is 51.8 Å². The van der Waals surface area contributed by atoms with Gasteiger partial charge in [-0.3, -0.25) is 0 Å². The molecule has 0 amide bonds. The molecule has 0 saturated heterocycles. The van der Waals surface area contributed by atoms with Crippen molar-refractivity contribution in [3.63, 3.8) is 0 Å². The molecule has 0 fully saturated rings. The fraction of sp³-hybridized carbons (Fsp3) is 0.204. The van der Waals surface area contributed by atoms with Gasteiger partial charge < -0.3 is 14.4 Å². The Labute approximate surface area is 343 Å². The van der Waals surface area contributed by atoms with Crippen LogP contribution in [0, 0.1) is 45.2 Å². The van der Waals surface area contributed by atoms with Gasteiger partial charge in [0.05, 0.1) is 5.58 Å². The van der Waals surface area contributed by atoms with Crippen LogP contribution in [-0.4, -0.2) is 15.0 Å². The van der Waals surface area contributed by atoms with Gasteiger partial charge in [0, 0.05) is 53.2 Å². The van der Waals surface area contributed by atoms with Crippen molar-refractivity contribution in [1.82, 2.24) is 15.0 Å². The minimum atomic E-state index is -2.36. The van der Waals surface area contributed by atoms with Crippen LogP contribution in [-0.2, 0) is 32.9 Å². The monoisotopic (exact) mass is 891 g/mol. The van der Waals surface area contributed by atoms with E-state index in [1.807, 2.05) is 39.1 Å². The van der Waals surface area contributed by atoms with Crippen LogP contribution >= 0.6 is 0 Å². The average molecular weight is 891 g/mol. The van der Waals surface area contributed by atoms with Gasteiger partial charge >= 0.3 is 0 Å². The molecule has 0 unspecified atom stereocenters. The van der Waals surface area contributed by atoms with E-state index in [1.54, 1.807) is 48.5 Å². The fourth-order valence-electron chi connectivity index (χ4n) is 6.11. The van der Waals surface area contributed by atoms with Gasteiger partial charge in [0.1, 0.15) is 0 Å². The first-order valence-electron chi connectivity index (χ1n) is 21.1. The van der Waals surface area contributed by atoms with Crippen LogP contribution in [0.25, 0.3) is 55.7 Å². The molecule has 4 nitrogen and oxygen atoms in total. The van der Waals surface area contributed by atoms with E-state index >= 15 is 0 Å². The Bertz CT molecular complexity index is 2830. The van der Waals surface area contributed by atoms with Gasteiger partial charge in [0.25, 0.3) is 0 Å². The van der Waals surface area contributed by atoms with E-state index in [2.05, 4.69) is 90.3 Å². The van der Waals surface area contributed by atoms with Crippen molar-refractivity contribution < 1.29 is 34.1 Å². The average Bonchev–Trinajstić information content (AvgIpc) is 3.60. The quantitative estimate of drug-likeness (QED) is 0.156. The molecule has 8 aromatic rings. The summed E-state index contributed by atoms with van der Waals surface area (Å²) >= 11 is 0. The third kappa shape index (κ3) is 8.93. The summed E-state index contributed by atoms with van der Waals surface area (Å²) in [6.45, 7) is 9.46. The van der Waals surface area contributed by atoms with Crippen LogP contribution in [0.1, 0.15) is 69.4 Å². The second-order valence-electron chi connectivity index (χ2n) is 14.2. The zero-order valence-electron chi connectivity index (χ0n) is 38.1. The van der Waals surface area contributed by atoms with E-state index in [9.17, 15) is 0 Å². The van der Waals surface area contributed by atoms with Gasteiger partial charge in [-0.25, -0.2) is 4.98 Å². The molecule has 0 N–H and O–H groups in total. The maximum Gasteiger partial charge on any atom is 0.216 e. The number of rotatable bonds is 6. The van der Waals surface area contributed by atoms with E-state index in [1.165, 1.54) is 40.1 Å². The summed E-state index contributed by atoms with van der Waals surface area (Å²) in [7, 11) is 0. The van der Waals surface area contributed by atoms with E-state index in [-0.39, 0.29) is 31.5 Å². The number of aromatic nitrogens is 3. The Hall–Kier alpha value is -5.22. The van der Waals surface area contributed by atoms with E-state index < -0.39 is 25.0 Å². The number of hydrogen-bond donors (Lipinski definition) is 0. The normalized spacial score (nSPS) is 13.9. The van der Waals surface area contributed by atoms with Crippen LogP contribution in [0.3, 0.4) is 0 Å². The second kappa shape index (κ2) is 16.4. The van der Waals surface area contributed by atoms with Gasteiger partial charge in [-0.2, -0.15) is 0 Å². The molecule has 0 bridgehead atoms. The SMILES string of the molecule is Cc1cnc(-c2[c-]cc(C)c(-c3ccccc3)c2)cc1C.[2H]C([2H])([2H])c1ccc2c(n1)oc1c(-c3cc(C([2H])([2H])c4ccc(C([2H])([2H])C(C)(C)C)cc4)ccn3)[c-]ccc12.[Ir]. The van der Waals surface area contributed by atoms with Crippen LogP contribution in [0.15, 0.2) is 126 Å². The summed E-state index contributed by atoms with van der Waals surface area (Å²) in [5.74, 6) is 0. The Morgan fingerprint density at radius 2 is 1.52 bits per heavy atom. The molecule has 8 rings (SSSR count). The molecule has 4 aromatic heterocycles. The Morgan fingerprint density at radius 1 is 0.741 bits per heavy atom. The van der Waals surface area contributed by atoms with Crippen LogP contribution in [0.2, 0.25) is 0 Å². The van der Waals surface area contributed by atoms with E-state index in [0.717, 1.165) is 16.6 Å². The van der Waals surface area contributed by atoms with Crippen molar-refractivity contribution >= 4 is 22.1 Å². The van der Waals surface area contributed by atoms with E-state index in [4.69, 9.17) is 14.0 Å². The zero-order valence-corrected chi connectivity index (χ0v) is 33.5. The number of furan rings is 1. The van der Waals surface area contributed by atoms with Crippen molar-refractivity contribution in [2.24, 2.45) is 5.41 Å². The number of pyridine rings is 3. The van der Waals surface area contributed by atoms with Gasteiger partial charge in [0.15, 0.2) is 0 Å². The van der Waals surface area contributed by atoms with Crippen molar-refractivity contribution in [2.45, 2.75) is 61.1 Å². The van der Waals surface area contributed by atoms with Gasteiger partial charge in [0.2, 0.25) is 5.71 Å². The molecule has 273 valence electrons. The molecule has 0 aliphatic carbocycles. The summed E-state index contributed by atoms with van der Waals surface area (Å²) in [5.41, 5.74) is 10.3. The van der Waals surface area contributed by atoms with Crippen LogP contribution in [0.5, 0.6) is 0 Å². The summed E-state index contributed by atoms with van der Waals surface area (Å²) in [6, 6.07) is 39.7. The Balaban J connectivity index is 0.000000238. The molecular formula is C49H45IrN3O-2. The zero-order chi connectivity index (χ0) is 43.2. The van der Waals surface area contributed by atoms with Crippen molar-refractivity contribution in [3.05, 3.63) is 173 Å². The van der Waals surface area contributed by atoms with Crippen LogP contribution < -0.4 is 0 Å². The van der Waals surface area contributed by atoms with E-state index in [0.29, 0.717) is 38.9 Å². The van der Waals surface area contributed by atoms with Crippen LogP contribution in [0.4, 0.5) is 0 Å². The molecule has 4 heterocycles. The van der Waals surface area contributed by atoms with Gasteiger partial charge in [-0.1, -0.05) is 117 Å². The molecule has 0 aliphatic rings. The predicted molar refractivity (Wildman–Crippen MR) is 219 cm³/mol. The van der Waals surface area contributed by atoms with Crippen molar-refractivity contribution in [1.29, 1.82) is 0 Å². The molecule has 4 aromatic carbocycles. The fourth-order valence-corrected chi connectivity index (χ4v) is 6.11. The Kier molecular flexibility index (Phi) is 9.17. The van der Waals surface area contributed by atoms with Gasteiger partial charge in [-0.15, -0.1) is 47.5 Å².